The molecule has 0 saturated heterocycles. The highest BCUT2D eigenvalue weighted by Gasteiger charge is 1.89. The van der Waals surface area contributed by atoms with Crippen molar-refractivity contribution in [2.24, 2.45) is 0 Å². The lowest BCUT2D eigenvalue weighted by atomic mass is 10.1. The lowest BCUT2D eigenvalue weighted by molar-refractivity contribution is 0.577. The summed E-state index contributed by atoms with van der Waals surface area (Å²) in [5.41, 5.74) is 0. The van der Waals surface area contributed by atoms with Crippen LogP contribution in [0.3, 0.4) is 0 Å². The molecule has 0 bridgehead atoms. The van der Waals surface area contributed by atoms with Crippen LogP contribution in [0.1, 0.15) is 64.7 Å². The fourth-order valence-corrected chi connectivity index (χ4v) is 1.59. The fraction of sp³-hybridized carbons (Fsp3) is 0.714. The summed E-state index contributed by atoms with van der Waals surface area (Å²) in [6, 6.07) is 0. The molecule has 0 unspecified atom stereocenters. The van der Waals surface area contributed by atoms with Crippen molar-refractivity contribution in [2.45, 2.75) is 64.7 Å². The van der Waals surface area contributed by atoms with Crippen LogP contribution in [0.5, 0.6) is 0 Å². The number of allylic oxidation sites excluding steroid dienone is 3. The molecule has 82 valence electrons. The molecule has 0 aliphatic heterocycles. The summed E-state index contributed by atoms with van der Waals surface area (Å²) in [6.45, 7) is 5.92. The van der Waals surface area contributed by atoms with Crippen molar-refractivity contribution in [3.8, 4) is 0 Å². The summed E-state index contributed by atoms with van der Waals surface area (Å²) in [5, 5.41) is 0. The minimum Gasteiger partial charge on any atom is -0.0991 e. The Morgan fingerprint density at radius 1 is 0.857 bits per heavy atom. The highest BCUT2D eigenvalue weighted by molar-refractivity contribution is 4.96. The summed E-state index contributed by atoms with van der Waals surface area (Å²) in [7, 11) is 0. The lowest BCUT2D eigenvalue weighted by Crippen LogP contribution is -1.79. The molecule has 0 spiro atoms. The van der Waals surface area contributed by atoms with Crippen molar-refractivity contribution in [1.82, 2.24) is 0 Å². The van der Waals surface area contributed by atoms with Crippen LogP contribution in [0.15, 0.2) is 24.8 Å². The van der Waals surface area contributed by atoms with Gasteiger partial charge in [-0.3, -0.25) is 0 Å². The summed E-state index contributed by atoms with van der Waals surface area (Å²) >= 11 is 0. The first-order chi connectivity index (χ1) is 6.91. The largest absolute Gasteiger partial charge is 0.0991 e. The molecule has 0 N–H and O–H groups in total. The van der Waals surface area contributed by atoms with Crippen LogP contribution in [0, 0.1) is 0 Å². The quantitative estimate of drug-likeness (QED) is 0.329. The van der Waals surface area contributed by atoms with Gasteiger partial charge in [0.05, 0.1) is 0 Å². The van der Waals surface area contributed by atoms with Crippen LogP contribution in [-0.4, -0.2) is 0 Å². The number of unbranched alkanes of at least 4 members (excludes halogenated alkanes) is 8. The molecule has 0 atom stereocenters. The van der Waals surface area contributed by atoms with Gasteiger partial charge in [0, 0.05) is 0 Å². The average Bonchev–Trinajstić information content (AvgIpc) is 2.21. The molecule has 0 fully saturated rings. The van der Waals surface area contributed by atoms with Gasteiger partial charge >= 0.3 is 0 Å². The minimum atomic E-state index is 1.22. The predicted molar refractivity (Wildman–Crippen MR) is 66.6 cm³/mol. The Bertz CT molecular complexity index is 133. The number of hydrogen-bond acceptors (Lipinski definition) is 0. The molecular formula is C14H26. The molecule has 0 heteroatoms. The molecule has 0 aromatic carbocycles. The molecule has 14 heavy (non-hydrogen) atoms. The van der Waals surface area contributed by atoms with E-state index in [2.05, 4.69) is 19.6 Å². The van der Waals surface area contributed by atoms with Crippen molar-refractivity contribution in [1.29, 1.82) is 0 Å². The van der Waals surface area contributed by atoms with E-state index in [1.165, 1.54) is 57.8 Å². The van der Waals surface area contributed by atoms with Gasteiger partial charge in [0.25, 0.3) is 0 Å². The van der Waals surface area contributed by atoms with E-state index in [0.717, 1.165) is 0 Å². The molecule has 0 saturated carbocycles. The second-order valence-electron chi connectivity index (χ2n) is 3.93. The Labute approximate surface area is 90.1 Å². The van der Waals surface area contributed by atoms with Crippen LogP contribution < -0.4 is 0 Å². The van der Waals surface area contributed by atoms with E-state index in [-0.39, 0.29) is 0 Å². The average molecular weight is 194 g/mol. The summed E-state index contributed by atoms with van der Waals surface area (Å²) in [5.74, 6) is 0. The Morgan fingerprint density at radius 2 is 1.43 bits per heavy atom. The standard InChI is InChI=1S/C14H26/c1-3-5-7-9-11-13-14-12-10-8-6-4-2/h3,5,7H,1,4,6,8-14H2,2H3. The maximum absolute atomic E-state index is 3.65. The fourth-order valence-electron chi connectivity index (χ4n) is 1.59. The van der Waals surface area contributed by atoms with Crippen molar-refractivity contribution >= 4 is 0 Å². The van der Waals surface area contributed by atoms with E-state index in [9.17, 15) is 0 Å². The third-order valence-electron chi connectivity index (χ3n) is 2.50. The van der Waals surface area contributed by atoms with Crippen molar-refractivity contribution in [3.05, 3.63) is 24.8 Å². The molecule has 0 rings (SSSR count). The topological polar surface area (TPSA) is 0 Å². The summed E-state index contributed by atoms with van der Waals surface area (Å²) in [4.78, 5) is 0. The second kappa shape index (κ2) is 12.5. The van der Waals surface area contributed by atoms with E-state index >= 15 is 0 Å². The van der Waals surface area contributed by atoms with E-state index in [1.54, 1.807) is 0 Å². The molecule has 0 heterocycles. The van der Waals surface area contributed by atoms with Crippen molar-refractivity contribution in [3.63, 3.8) is 0 Å². The van der Waals surface area contributed by atoms with Gasteiger partial charge in [0.1, 0.15) is 0 Å². The van der Waals surface area contributed by atoms with Gasteiger partial charge in [0.2, 0.25) is 0 Å². The monoisotopic (exact) mass is 194 g/mol. The SMILES string of the molecule is C=CC=CCCCCCCCCCC. The van der Waals surface area contributed by atoms with Crippen LogP contribution in [0.25, 0.3) is 0 Å². The van der Waals surface area contributed by atoms with Gasteiger partial charge in [-0.25, -0.2) is 0 Å². The van der Waals surface area contributed by atoms with E-state index in [4.69, 9.17) is 0 Å². The summed E-state index contributed by atoms with van der Waals surface area (Å²) < 4.78 is 0. The van der Waals surface area contributed by atoms with Gasteiger partial charge in [-0.2, -0.15) is 0 Å². The minimum absolute atomic E-state index is 1.22. The maximum Gasteiger partial charge on any atom is -0.0348 e. The molecule has 0 amide bonds. The van der Waals surface area contributed by atoms with Gasteiger partial charge < -0.3 is 0 Å². The third-order valence-corrected chi connectivity index (χ3v) is 2.50. The Balaban J connectivity index is 2.91. The van der Waals surface area contributed by atoms with Gasteiger partial charge in [-0.15, -0.1) is 0 Å². The van der Waals surface area contributed by atoms with Gasteiger partial charge in [-0.05, 0) is 12.8 Å². The van der Waals surface area contributed by atoms with E-state index in [0.29, 0.717) is 0 Å². The first-order valence-corrected chi connectivity index (χ1v) is 6.19. The Kier molecular flexibility index (Phi) is 12.0. The van der Waals surface area contributed by atoms with Crippen LogP contribution >= 0.6 is 0 Å². The van der Waals surface area contributed by atoms with Gasteiger partial charge in [0.15, 0.2) is 0 Å². The normalized spacial score (nSPS) is 10.9. The van der Waals surface area contributed by atoms with Crippen LogP contribution in [-0.2, 0) is 0 Å². The first-order valence-electron chi connectivity index (χ1n) is 6.19. The Morgan fingerprint density at radius 3 is 2.00 bits per heavy atom. The lowest BCUT2D eigenvalue weighted by Gasteiger charge is -1.99. The van der Waals surface area contributed by atoms with Crippen LogP contribution in [0.2, 0.25) is 0 Å². The van der Waals surface area contributed by atoms with E-state index in [1.807, 2.05) is 12.2 Å². The number of hydrogen-bond donors (Lipinski definition) is 0. The molecule has 0 nitrogen and oxygen atoms in total. The van der Waals surface area contributed by atoms with Crippen molar-refractivity contribution < 1.29 is 0 Å². The molecule has 0 aromatic rings. The maximum atomic E-state index is 3.65. The summed E-state index contributed by atoms with van der Waals surface area (Å²) in [6.07, 6.45) is 18.6. The molecule has 0 aromatic heterocycles. The smallest absolute Gasteiger partial charge is 0.0348 e. The highest BCUT2D eigenvalue weighted by atomic mass is 14.0. The zero-order valence-corrected chi connectivity index (χ0v) is 9.80. The third kappa shape index (κ3) is 11.5. The van der Waals surface area contributed by atoms with Crippen LogP contribution in [0.4, 0.5) is 0 Å². The first kappa shape index (κ1) is 13.5. The zero-order chi connectivity index (χ0) is 10.5. The molecule has 0 radical (unpaired) electrons. The molecule has 0 aliphatic carbocycles. The van der Waals surface area contributed by atoms with Crippen molar-refractivity contribution in [2.75, 3.05) is 0 Å². The van der Waals surface area contributed by atoms with E-state index < -0.39 is 0 Å². The highest BCUT2D eigenvalue weighted by Crippen LogP contribution is 2.09. The van der Waals surface area contributed by atoms with Gasteiger partial charge in [-0.1, -0.05) is 76.7 Å². The Hall–Kier alpha value is -0.520. The predicted octanol–water partition coefficient (Wildman–Crippen LogP) is 5.26. The zero-order valence-electron chi connectivity index (χ0n) is 9.80. The molecule has 0 aliphatic rings. The second-order valence-corrected chi connectivity index (χ2v) is 3.93. The number of rotatable bonds is 10. The molecular weight excluding hydrogens is 168 g/mol.